The number of nitrogens with zero attached hydrogens (tertiary/aromatic N) is 2. The highest BCUT2D eigenvalue weighted by atomic mass is 32.1. The van der Waals surface area contributed by atoms with Crippen molar-refractivity contribution in [2.24, 2.45) is 0 Å². The maximum Gasteiger partial charge on any atom is 0.251 e. The van der Waals surface area contributed by atoms with Gasteiger partial charge >= 0.3 is 0 Å². The molecule has 1 saturated heterocycles. The second-order valence-electron chi connectivity index (χ2n) is 6.87. The molecule has 0 saturated carbocycles. The van der Waals surface area contributed by atoms with Gasteiger partial charge in [0, 0.05) is 29.6 Å². The molecule has 2 aromatic carbocycles. The van der Waals surface area contributed by atoms with Crippen molar-refractivity contribution >= 4 is 34.1 Å². The minimum Gasteiger partial charge on any atom is -0.356 e. The van der Waals surface area contributed by atoms with Crippen LogP contribution >= 0.6 is 12.2 Å². The molecule has 130 valence electrons. The van der Waals surface area contributed by atoms with Crippen LogP contribution in [0.3, 0.4) is 0 Å². The van der Waals surface area contributed by atoms with E-state index in [0.29, 0.717) is 18.1 Å². The van der Waals surface area contributed by atoms with Crippen LogP contribution in [0.1, 0.15) is 29.8 Å². The van der Waals surface area contributed by atoms with E-state index >= 15 is 0 Å². The molecule has 1 N–H and O–H groups in total. The van der Waals surface area contributed by atoms with Gasteiger partial charge in [-0.3, -0.25) is 9.69 Å². The number of amides is 1. The second-order valence-corrected chi connectivity index (χ2v) is 7.23. The number of aromatic amines is 1. The number of nitrogens with one attached hydrogen (secondary N) is 1. The maximum atomic E-state index is 13.0. The molecule has 5 heteroatoms. The zero-order valence-corrected chi connectivity index (χ0v) is 15.3. The normalized spacial score (nSPS) is 22.0. The topological polar surface area (TPSA) is 39.3 Å². The molecular weight excluding hydrogens is 342 g/mol. The number of carbonyl (C=O) groups excluding carboxylic acids is 1. The van der Waals surface area contributed by atoms with Crippen LogP contribution in [0.2, 0.25) is 0 Å². The Labute approximate surface area is 157 Å². The van der Waals surface area contributed by atoms with Crippen molar-refractivity contribution in [3.8, 4) is 0 Å². The summed E-state index contributed by atoms with van der Waals surface area (Å²) in [5.74, 6) is 0.120. The molecule has 1 aromatic heterocycles. The molecule has 26 heavy (non-hydrogen) atoms. The smallest absolute Gasteiger partial charge is 0.251 e. The van der Waals surface area contributed by atoms with Crippen molar-refractivity contribution in [1.82, 2.24) is 14.8 Å². The number of benzene rings is 2. The van der Waals surface area contributed by atoms with Crippen molar-refractivity contribution in [3.05, 3.63) is 71.4 Å². The Bertz CT molecular complexity index is 1030. The van der Waals surface area contributed by atoms with Crippen molar-refractivity contribution in [2.75, 3.05) is 6.54 Å². The number of rotatable bonds is 2. The number of hydrogen-bond acceptors (Lipinski definition) is 2. The molecule has 0 spiro atoms. The van der Waals surface area contributed by atoms with Crippen LogP contribution in [0.25, 0.3) is 10.9 Å². The van der Waals surface area contributed by atoms with Gasteiger partial charge in [0.15, 0.2) is 5.11 Å². The van der Waals surface area contributed by atoms with E-state index in [1.54, 1.807) is 4.90 Å². The molecule has 0 radical (unpaired) electrons. The highest BCUT2D eigenvalue weighted by Crippen LogP contribution is 2.43. The fraction of sp³-hybridized carbons (Fsp3) is 0.238. The Morgan fingerprint density at radius 3 is 2.62 bits per heavy atom. The number of thiocarbonyl (C=S) groups is 1. The third-order valence-corrected chi connectivity index (χ3v) is 6.00. The van der Waals surface area contributed by atoms with Crippen molar-refractivity contribution in [2.45, 2.75) is 25.4 Å². The minimum absolute atomic E-state index is 0.0645. The number of para-hydroxylation sites is 1. The highest BCUT2D eigenvalue weighted by Gasteiger charge is 2.49. The largest absolute Gasteiger partial charge is 0.356 e. The molecule has 1 amide bonds. The number of carbonyl (C=O) groups is 1. The quantitative estimate of drug-likeness (QED) is 0.709. The van der Waals surface area contributed by atoms with Crippen LogP contribution in [0.5, 0.6) is 0 Å². The second kappa shape index (κ2) is 5.68. The van der Waals surface area contributed by atoms with Crippen molar-refractivity contribution in [3.63, 3.8) is 0 Å². The summed E-state index contributed by atoms with van der Waals surface area (Å²) >= 11 is 5.72. The number of fused-ring (bicyclic) bond motifs is 4. The van der Waals surface area contributed by atoms with Gasteiger partial charge < -0.3 is 9.88 Å². The number of aromatic nitrogens is 1. The Morgan fingerprint density at radius 1 is 1.12 bits per heavy atom. The summed E-state index contributed by atoms with van der Waals surface area (Å²) < 4.78 is 0. The highest BCUT2D eigenvalue weighted by molar-refractivity contribution is 7.80. The predicted molar refractivity (Wildman–Crippen MR) is 106 cm³/mol. The molecular formula is C21H19N3OS. The zero-order chi connectivity index (χ0) is 17.8. The lowest BCUT2D eigenvalue weighted by molar-refractivity contribution is -0.128. The van der Waals surface area contributed by atoms with Crippen LogP contribution < -0.4 is 0 Å². The van der Waals surface area contributed by atoms with Gasteiger partial charge in [0.1, 0.15) is 6.04 Å². The summed E-state index contributed by atoms with van der Waals surface area (Å²) in [6.45, 7) is 2.59. The molecule has 4 nitrogen and oxygen atoms in total. The van der Waals surface area contributed by atoms with Crippen LogP contribution in [0.15, 0.2) is 54.6 Å². The summed E-state index contributed by atoms with van der Waals surface area (Å²) in [7, 11) is 0. The number of H-pyrrole nitrogens is 1. The van der Waals surface area contributed by atoms with Gasteiger partial charge in [0.05, 0.1) is 6.04 Å². The minimum atomic E-state index is -0.223. The summed E-state index contributed by atoms with van der Waals surface area (Å²) in [6, 6.07) is 18.4. The molecule has 2 atom stereocenters. The molecule has 1 fully saturated rings. The van der Waals surface area contributed by atoms with Gasteiger partial charge in [-0.25, -0.2) is 0 Å². The van der Waals surface area contributed by atoms with Gasteiger partial charge in [-0.2, -0.15) is 0 Å². The lowest BCUT2D eigenvalue weighted by atomic mass is 9.89. The van der Waals surface area contributed by atoms with E-state index in [-0.39, 0.29) is 18.0 Å². The molecule has 0 bridgehead atoms. The zero-order valence-electron chi connectivity index (χ0n) is 14.5. The Kier molecular flexibility index (Phi) is 3.40. The molecule has 2 aliphatic rings. The van der Waals surface area contributed by atoms with Crippen molar-refractivity contribution in [1.29, 1.82) is 0 Å². The predicted octanol–water partition coefficient (Wildman–Crippen LogP) is 3.63. The first-order valence-corrected chi connectivity index (χ1v) is 9.39. The van der Waals surface area contributed by atoms with E-state index in [2.05, 4.69) is 40.2 Å². The molecule has 5 rings (SSSR count). The SMILES string of the molecule is CCN1C(=O)[C@@H]2Cc3c([nH]c4ccccc34)[C@H](c3ccccc3)N2C1=S. The number of hydrogen-bond donors (Lipinski definition) is 1. The third kappa shape index (κ3) is 2.01. The maximum absolute atomic E-state index is 13.0. The summed E-state index contributed by atoms with van der Waals surface area (Å²) in [5.41, 5.74) is 4.66. The van der Waals surface area contributed by atoms with Crippen LogP contribution in [-0.4, -0.2) is 38.4 Å². The van der Waals surface area contributed by atoms with Gasteiger partial charge in [-0.1, -0.05) is 48.5 Å². The van der Waals surface area contributed by atoms with E-state index in [1.807, 2.05) is 31.2 Å². The molecule has 3 aromatic rings. The van der Waals surface area contributed by atoms with E-state index in [0.717, 1.165) is 16.8 Å². The summed E-state index contributed by atoms with van der Waals surface area (Å²) in [6.07, 6.45) is 0.693. The molecule has 3 heterocycles. The van der Waals surface area contributed by atoms with Gasteiger partial charge in [-0.05, 0) is 36.3 Å². The monoisotopic (exact) mass is 361 g/mol. The molecule has 0 unspecified atom stereocenters. The van der Waals surface area contributed by atoms with Gasteiger partial charge in [0.25, 0.3) is 5.91 Å². The van der Waals surface area contributed by atoms with E-state index in [1.165, 1.54) is 10.9 Å². The summed E-state index contributed by atoms with van der Waals surface area (Å²) in [4.78, 5) is 20.5. The first-order chi connectivity index (χ1) is 12.7. The fourth-order valence-corrected chi connectivity index (χ4v) is 4.85. The average Bonchev–Trinajstić information content (AvgIpc) is 3.16. The van der Waals surface area contributed by atoms with Crippen LogP contribution in [-0.2, 0) is 11.2 Å². The fourth-order valence-electron chi connectivity index (χ4n) is 4.40. The number of likely N-dealkylation sites (N-methyl/N-ethyl adjacent to an activating group) is 1. The first kappa shape index (κ1) is 15.6. The summed E-state index contributed by atoms with van der Waals surface area (Å²) in [5, 5.41) is 1.84. The van der Waals surface area contributed by atoms with Gasteiger partial charge in [-0.15, -0.1) is 0 Å². The van der Waals surface area contributed by atoms with Crippen molar-refractivity contribution < 1.29 is 4.79 Å². The third-order valence-electron chi connectivity index (χ3n) is 5.57. The van der Waals surface area contributed by atoms with Crippen LogP contribution in [0, 0.1) is 0 Å². The molecule has 2 aliphatic heterocycles. The van der Waals surface area contributed by atoms with E-state index in [4.69, 9.17) is 12.2 Å². The Hall–Kier alpha value is -2.66. The lowest BCUT2D eigenvalue weighted by Crippen LogP contribution is -2.44. The standard InChI is InChI=1S/C21H19N3OS/c1-2-23-20(25)17-12-15-14-10-6-7-11-16(14)22-18(15)19(24(17)21(23)26)13-8-4-3-5-9-13/h3-11,17,19,22H,2,12H2,1H3/t17-,19-/m0/s1. The van der Waals surface area contributed by atoms with E-state index < -0.39 is 0 Å². The average molecular weight is 361 g/mol. The Balaban J connectivity index is 1.76. The Morgan fingerprint density at radius 2 is 1.85 bits per heavy atom. The first-order valence-electron chi connectivity index (χ1n) is 8.98. The lowest BCUT2D eigenvalue weighted by Gasteiger charge is -2.37. The van der Waals surface area contributed by atoms with Crippen LogP contribution in [0.4, 0.5) is 0 Å². The van der Waals surface area contributed by atoms with E-state index in [9.17, 15) is 4.79 Å². The van der Waals surface area contributed by atoms with Gasteiger partial charge in [0.2, 0.25) is 0 Å². The molecule has 0 aliphatic carbocycles.